The fraction of sp³-hybridized carbons (Fsp3) is 0.143. The molecule has 4 nitrogen and oxygen atoms in total. The van der Waals surface area contributed by atoms with Gasteiger partial charge in [0.2, 0.25) is 5.91 Å². The Morgan fingerprint density at radius 3 is 2.46 bits per heavy atom. The molecule has 0 aliphatic heterocycles. The highest BCUT2D eigenvalue weighted by Gasteiger charge is 2.29. The van der Waals surface area contributed by atoms with Crippen molar-refractivity contribution in [2.24, 2.45) is 0 Å². The molecule has 0 radical (unpaired) electrons. The molecule has 1 N–H and O–H groups in total. The van der Waals surface area contributed by atoms with Gasteiger partial charge in [0, 0.05) is 24.4 Å². The van der Waals surface area contributed by atoms with Gasteiger partial charge in [-0.15, -0.1) is 0 Å². The summed E-state index contributed by atoms with van der Waals surface area (Å²) in [7, 11) is 0. The quantitative estimate of drug-likeness (QED) is 0.645. The van der Waals surface area contributed by atoms with E-state index in [1.54, 1.807) is 23.2 Å². The number of carbonyl (C=O) groups excluding carboxylic acids is 1. The average molecular weight is 385 g/mol. The Labute approximate surface area is 160 Å². The van der Waals surface area contributed by atoms with E-state index in [0.29, 0.717) is 13.0 Å². The Balaban J connectivity index is 1.47. The summed E-state index contributed by atoms with van der Waals surface area (Å²) in [6, 6.07) is 14.5. The number of hydrogen-bond donors (Lipinski definition) is 1. The molecule has 0 fully saturated rings. The minimum atomic E-state index is -4.34. The lowest BCUT2D eigenvalue weighted by Crippen LogP contribution is -2.23. The van der Waals surface area contributed by atoms with E-state index in [4.69, 9.17) is 0 Å². The molecule has 0 unspecified atom stereocenters. The lowest BCUT2D eigenvalue weighted by Gasteiger charge is -2.07. The van der Waals surface area contributed by atoms with Gasteiger partial charge in [-0.25, -0.2) is 4.68 Å². The molecule has 28 heavy (non-hydrogen) atoms. The Kier molecular flexibility index (Phi) is 5.93. The van der Waals surface area contributed by atoms with Gasteiger partial charge in [0.15, 0.2) is 0 Å². The standard InChI is InChI=1S/C21H18F3N3O/c22-21(23,24)18-9-6-16(7-10-18)12-13-25-20(28)11-8-17-14-26-27(15-17)19-4-2-1-3-5-19/h1-11,14-15H,12-13H2,(H,25,28)/b11-8+. The van der Waals surface area contributed by atoms with Crippen molar-refractivity contribution < 1.29 is 18.0 Å². The van der Waals surface area contributed by atoms with Crippen LogP contribution in [0.1, 0.15) is 16.7 Å². The second-order valence-electron chi connectivity index (χ2n) is 6.12. The molecule has 1 aromatic heterocycles. The van der Waals surface area contributed by atoms with Crippen LogP contribution in [0.5, 0.6) is 0 Å². The Morgan fingerprint density at radius 1 is 1.07 bits per heavy atom. The SMILES string of the molecule is O=C(/C=C/c1cnn(-c2ccccc2)c1)NCCc1ccc(C(F)(F)F)cc1. The van der Waals surface area contributed by atoms with Crippen molar-refractivity contribution in [2.45, 2.75) is 12.6 Å². The van der Waals surface area contributed by atoms with Crippen molar-refractivity contribution in [3.63, 3.8) is 0 Å². The first-order valence-corrected chi connectivity index (χ1v) is 8.64. The number of carbonyl (C=O) groups is 1. The highest BCUT2D eigenvalue weighted by Crippen LogP contribution is 2.29. The molecule has 2 aromatic carbocycles. The number of nitrogens with zero attached hydrogens (tertiary/aromatic N) is 2. The van der Waals surface area contributed by atoms with Gasteiger partial charge < -0.3 is 5.32 Å². The van der Waals surface area contributed by atoms with E-state index >= 15 is 0 Å². The summed E-state index contributed by atoms with van der Waals surface area (Å²) in [5, 5.41) is 6.95. The van der Waals surface area contributed by atoms with Crippen molar-refractivity contribution >= 4 is 12.0 Å². The van der Waals surface area contributed by atoms with Gasteiger partial charge >= 0.3 is 6.18 Å². The fourth-order valence-electron chi connectivity index (χ4n) is 2.57. The number of alkyl halides is 3. The molecule has 0 saturated carbocycles. The van der Waals surface area contributed by atoms with Crippen LogP contribution in [-0.4, -0.2) is 22.2 Å². The van der Waals surface area contributed by atoms with E-state index in [9.17, 15) is 18.0 Å². The summed E-state index contributed by atoms with van der Waals surface area (Å²) in [6.07, 6.45) is 2.62. The molecule has 1 amide bonds. The second-order valence-corrected chi connectivity index (χ2v) is 6.12. The third-order valence-electron chi connectivity index (χ3n) is 4.04. The summed E-state index contributed by atoms with van der Waals surface area (Å²) in [5.41, 5.74) is 1.74. The first kappa shape index (κ1) is 19.4. The summed E-state index contributed by atoms with van der Waals surface area (Å²) < 4.78 is 39.3. The number of rotatable bonds is 6. The van der Waals surface area contributed by atoms with Gasteiger partial charge in [0.05, 0.1) is 17.4 Å². The molecule has 0 atom stereocenters. The molecular formula is C21H18F3N3O. The topological polar surface area (TPSA) is 46.9 Å². The molecule has 0 bridgehead atoms. The lowest BCUT2D eigenvalue weighted by atomic mass is 10.1. The van der Waals surface area contributed by atoms with Crippen LogP contribution in [-0.2, 0) is 17.4 Å². The fourth-order valence-corrected chi connectivity index (χ4v) is 2.57. The van der Waals surface area contributed by atoms with Crippen LogP contribution in [0.2, 0.25) is 0 Å². The third kappa shape index (κ3) is 5.33. The van der Waals surface area contributed by atoms with E-state index in [0.717, 1.165) is 28.9 Å². The molecular weight excluding hydrogens is 367 g/mol. The van der Waals surface area contributed by atoms with Crippen molar-refractivity contribution in [1.29, 1.82) is 0 Å². The molecule has 7 heteroatoms. The predicted octanol–water partition coefficient (Wildman–Crippen LogP) is 4.26. The number of para-hydroxylation sites is 1. The average Bonchev–Trinajstić information content (AvgIpc) is 3.16. The van der Waals surface area contributed by atoms with Crippen LogP contribution in [0.25, 0.3) is 11.8 Å². The van der Waals surface area contributed by atoms with Gasteiger partial charge in [0.1, 0.15) is 0 Å². The normalized spacial score (nSPS) is 11.7. The van der Waals surface area contributed by atoms with E-state index in [1.807, 2.05) is 30.3 Å². The first-order chi connectivity index (χ1) is 13.4. The Bertz CT molecular complexity index is 945. The van der Waals surface area contributed by atoms with Crippen molar-refractivity contribution in [3.05, 3.63) is 89.8 Å². The highest BCUT2D eigenvalue weighted by atomic mass is 19.4. The van der Waals surface area contributed by atoms with Gasteiger partial charge in [-0.1, -0.05) is 30.3 Å². The molecule has 0 aliphatic rings. The Morgan fingerprint density at radius 2 is 1.79 bits per heavy atom. The number of amides is 1. The highest BCUT2D eigenvalue weighted by molar-refractivity contribution is 5.91. The number of halogens is 3. The Hall–Kier alpha value is -3.35. The largest absolute Gasteiger partial charge is 0.416 e. The lowest BCUT2D eigenvalue weighted by molar-refractivity contribution is -0.137. The molecule has 1 heterocycles. The monoisotopic (exact) mass is 385 g/mol. The molecule has 0 aliphatic carbocycles. The summed E-state index contributed by atoms with van der Waals surface area (Å²) in [4.78, 5) is 11.9. The van der Waals surface area contributed by atoms with E-state index < -0.39 is 11.7 Å². The number of benzene rings is 2. The van der Waals surface area contributed by atoms with Crippen LogP contribution in [0.15, 0.2) is 73.1 Å². The predicted molar refractivity (Wildman–Crippen MR) is 101 cm³/mol. The summed E-state index contributed by atoms with van der Waals surface area (Å²) in [6.45, 7) is 0.331. The zero-order valence-corrected chi connectivity index (χ0v) is 14.9. The maximum atomic E-state index is 12.5. The molecule has 3 rings (SSSR count). The second kappa shape index (κ2) is 8.56. The van der Waals surface area contributed by atoms with Crippen LogP contribution in [0, 0.1) is 0 Å². The van der Waals surface area contributed by atoms with Crippen molar-refractivity contribution in [1.82, 2.24) is 15.1 Å². The van der Waals surface area contributed by atoms with E-state index in [1.165, 1.54) is 18.2 Å². The smallest absolute Gasteiger partial charge is 0.352 e. The zero-order valence-electron chi connectivity index (χ0n) is 14.9. The minimum Gasteiger partial charge on any atom is -0.352 e. The molecule has 3 aromatic rings. The van der Waals surface area contributed by atoms with E-state index in [-0.39, 0.29) is 5.91 Å². The zero-order chi connectivity index (χ0) is 20.0. The molecule has 0 spiro atoms. The molecule has 144 valence electrons. The van der Waals surface area contributed by atoms with Crippen LogP contribution < -0.4 is 5.32 Å². The number of nitrogens with one attached hydrogen (secondary N) is 1. The third-order valence-corrected chi connectivity index (χ3v) is 4.04. The number of aromatic nitrogens is 2. The van der Waals surface area contributed by atoms with Gasteiger partial charge in [-0.2, -0.15) is 18.3 Å². The van der Waals surface area contributed by atoms with Gasteiger partial charge in [-0.05, 0) is 42.3 Å². The van der Waals surface area contributed by atoms with Crippen molar-refractivity contribution in [3.8, 4) is 5.69 Å². The van der Waals surface area contributed by atoms with Crippen LogP contribution in [0.3, 0.4) is 0 Å². The summed E-state index contributed by atoms with van der Waals surface area (Å²) in [5.74, 6) is -0.278. The van der Waals surface area contributed by atoms with Gasteiger partial charge in [-0.3, -0.25) is 4.79 Å². The minimum absolute atomic E-state index is 0.278. The molecule has 0 saturated heterocycles. The number of hydrogen-bond acceptors (Lipinski definition) is 2. The maximum absolute atomic E-state index is 12.5. The van der Waals surface area contributed by atoms with Crippen LogP contribution >= 0.6 is 0 Å². The maximum Gasteiger partial charge on any atom is 0.416 e. The van der Waals surface area contributed by atoms with Gasteiger partial charge in [0.25, 0.3) is 0 Å². The first-order valence-electron chi connectivity index (χ1n) is 8.64. The van der Waals surface area contributed by atoms with Crippen molar-refractivity contribution in [2.75, 3.05) is 6.54 Å². The summed E-state index contributed by atoms with van der Waals surface area (Å²) >= 11 is 0. The van der Waals surface area contributed by atoms with E-state index in [2.05, 4.69) is 10.4 Å². The van der Waals surface area contributed by atoms with Crippen LogP contribution in [0.4, 0.5) is 13.2 Å².